The molecule has 3 nitrogen and oxygen atoms in total. The van der Waals surface area contributed by atoms with Crippen molar-refractivity contribution < 1.29 is 14.6 Å². The van der Waals surface area contributed by atoms with E-state index in [-0.39, 0.29) is 44.6 Å². The van der Waals surface area contributed by atoms with Gasteiger partial charge < -0.3 is 9.84 Å². The third-order valence-electron chi connectivity index (χ3n) is 13.2. The molecule has 0 aromatic rings. The van der Waals surface area contributed by atoms with E-state index in [2.05, 4.69) is 54.5 Å². The molecule has 0 radical (unpaired) electrons. The Balaban J connectivity index is 1.60. The Morgan fingerprint density at radius 2 is 1.59 bits per heavy atom. The highest BCUT2D eigenvalue weighted by atomic mass is 16.5. The minimum atomic E-state index is -0.323. The summed E-state index contributed by atoms with van der Waals surface area (Å²) in [6.07, 6.45) is 13.4. The standard InChI is InChI=1S/C31H50O3/c1-26(2)15-17-31(25(33)34-8)18-16-29(6)20(21(31)19-26)9-10-23-28(5)13-12-24(32)27(3,4)22(28)11-14-30(23,29)7/h9,21-24,32H,10-19H2,1-8H3/t21-,22-,23-,24+,28+,29-,30-,31+/m1/s1. The highest BCUT2D eigenvalue weighted by Gasteiger charge is 2.69. The number of rotatable bonds is 1. The number of aliphatic hydroxyl groups excluding tert-OH is 1. The molecule has 0 spiro atoms. The van der Waals surface area contributed by atoms with Gasteiger partial charge in [-0.3, -0.25) is 4.79 Å². The molecule has 4 fully saturated rings. The van der Waals surface area contributed by atoms with Crippen LogP contribution >= 0.6 is 0 Å². The van der Waals surface area contributed by atoms with Crippen molar-refractivity contribution in [2.75, 3.05) is 7.11 Å². The molecule has 5 rings (SSSR count). The van der Waals surface area contributed by atoms with E-state index in [1.54, 1.807) is 12.7 Å². The molecule has 192 valence electrons. The van der Waals surface area contributed by atoms with E-state index in [0.717, 1.165) is 51.4 Å². The molecule has 0 aromatic carbocycles. The molecule has 3 heteroatoms. The summed E-state index contributed by atoms with van der Waals surface area (Å²) < 4.78 is 5.49. The number of carbonyl (C=O) groups is 1. The average molecular weight is 471 g/mol. The first-order valence-electron chi connectivity index (χ1n) is 14.2. The van der Waals surface area contributed by atoms with Gasteiger partial charge in [-0.2, -0.15) is 0 Å². The van der Waals surface area contributed by atoms with Gasteiger partial charge >= 0.3 is 5.97 Å². The molecule has 0 amide bonds. The number of fused-ring (bicyclic) bond motifs is 7. The maximum absolute atomic E-state index is 13.3. The lowest BCUT2D eigenvalue weighted by Crippen LogP contribution is -2.65. The molecule has 0 bridgehead atoms. The van der Waals surface area contributed by atoms with Crippen LogP contribution in [0, 0.1) is 50.2 Å². The Morgan fingerprint density at radius 3 is 2.26 bits per heavy atom. The van der Waals surface area contributed by atoms with Gasteiger partial charge in [0.1, 0.15) is 0 Å². The van der Waals surface area contributed by atoms with Crippen molar-refractivity contribution in [2.45, 2.75) is 119 Å². The normalized spacial score (nSPS) is 51.1. The number of allylic oxidation sites excluding steroid dienone is 2. The number of aliphatic hydroxyl groups is 1. The first-order chi connectivity index (χ1) is 15.7. The first-order valence-corrected chi connectivity index (χ1v) is 14.2. The Hall–Kier alpha value is -0.830. The molecule has 5 aliphatic carbocycles. The van der Waals surface area contributed by atoms with Gasteiger partial charge in [-0.25, -0.2) is 0 Å². The van der Waals surface area contributed by atoms with Crippen LogP contribution in [0.3, 0.4) is 0 Å². The Labute approximate surface area is 208 Å². The minimum Gasteiger partial charge on any atom is -0.469 e. The van der Waals surface area contributed by atoms with Gasteiger partial charge in [-0.1, -0.05) is 60.1 Å². The van der Waals surface area contributed by atoms with Gasteiger partial charge in [0.2, 0.25) is 0 Å². The molecule has 0 aromatic heterocycles. The highest BCUT2D eigenvalue weighted by molar-refractivity contribution is 5.78. The number of methoxy groups -OCH3 is 1. The molecule has 5 aliphatic rings. The lowest BCUT2D eigenvalue weighted by atomic mass is 9.33. The SMILES string of the molecule is COC(=O)[C@]12CCC(C)(C)C[C@@H]1C1=CC[C@@H]3[C@@]4(C)CC[C@H](O)C(C)(C)[C@H]4CC[C@@]3(C)[C@]1(C)CC2. The van der Waals surface area contributed by atoms with Crippen LogP contribution < -0.4 is 0 Å². The zero-order valence-electron chi connectivity index (χ0n) is 23.2. The van der Waals surface area contributed by atoms with Crippen LogP contribution in [0.2, 0.25) is 0 Å². The molecular weight excluding hydrogens is 420 g/mol. The monoisotopic (exact) mass is 470 g/mol. The summed E-state index contributed by atoms with van der Waals surface area (Å²) in [5.41, 5.74) is 2.18. The third-order valence-corrected chi connectivity index (χ3v) is 13.2. The second-order valence-electron chi connectivity index (χ2n) is 15.2. The molecule has 1 N–H and O–H groups in total. The summed E-state index contributed by atoms with van der Waals surface area (Å²) in [4.78, 5) is 13.3. The highest BCUT2D eigenvalue weighted by Crippen LogP contribution is 2.75. The van der Waals surface area contributed by atoms with E-state index in [1.807, 2.05) is 0 Å². The van der Waals surface area contributed by atoms with Gasteiger partial charge in [0.05, 0.1) is 18.6 Å². The van der Waals surface area contributed by atoms with E-state index in [9.17, 15) is 9.90 Å². The number of carbonyl (C=O) groups excluding carboxylic acids is 1. The quantitative estimate of drug-likeness (QED) is 0.322. The van der Waals surface area contributed by atoms with Crippen LogP contribution in [-0.2, 0) is 9.53 Å². The van der Waals surface area contributed by atoms with Crippen molar-refractivity contribution in [3.63, 3.8) is 0 Å². The summed E-state index contributed by atoms with van der Waals surface area (Å²) in [7, 11) is 1.59. The van der Waals surface area contributed by atoms with E-state index < -0.39 is 0 Å². The van der Waals surface area contributed by atoms with Crippen molar-refractivity contribution in [3.8, 4) is 0 Å². The Kier molecular flexibility index (Phi) is 5.38. The maximum Gasteiger partial charge on any atom is 0.312 e. The van der Waals surface area contributed by atoms with E-state index in [4.69, 9.17) is 4.74 Å². The second kappa shape index (κ2) is 7.36. The number of hydrogen-bond acceptors (Lipinski definition) is 3. The van der Waals surface area contributed by atoms with Crippen LogP contribution in [0.1, 0.15) is 113 Å². The van der Waals surface area contributed by atoms with Crippen molar-refractivity contribution in [1.82, 2.24) is 0 Å². The molecule has 34 heavy (non-hydrogen) atoms. The van der Waals surface area contributed by atoms with Crippen LogP contribution in [0.4, 0.5) is 0 Å². The van der Waals surface area contributed by atoms with Crippen LogP contribution in [-0.4, -0.2) is 24.3 Å². The van der Waals surface area contributed by atoms with Crippen LogP contribution in [0.15, 0.2) is 11.6 Å². The van der Waals surface area contributed by atoms with E-state index in [1.165, 1.54) is 12.8 Å². The molecule has 0 heterocycles. The van der Waals surface area contributed by atoms with Crippen molar-refractivity contribution >= 4 is 5.97 Å². The van der Waals surface area contributed by atoms with Gasteiger partial charge in [0, 0.05) is 0 Å². The van der Waals surface area contributed by atoms with Gasteiger partial charge in [-0.15, -0.1) is 0 Å². The summed E-state index contributed by atoms with van der Waals surface area (Å²) in [6.45, 7) is 17.2. The molecule has 4 saturated carbocycles. The van der Waals surface area contributed by atoms with Crippen LogP contribution in [0.25, 0.3) is 0 Å². The zero-order valence-corrected chi connectivity index (χ0v) is 23.2. The second-order valence-corrected chi connectivity index (χ2v) is 15.2. The third kappa shape index (κ3) is 2.94. The van der Waals surface area contributed by atoms with Crippen molar-refractivity contribution in [2.24, 2.45) is 50.2 Å². The fraction of sp³-hybridized carbons (Fsp3) is 0.903. The minimum absolute atomic E-state index is 0.0147. The Morgan fingerprint density at radius 1 is 0.912 bits per heavy atom. The lowest BCUT2D eigenvalue weighted by molar-refractivity contribution is -0.206. The molecule has 0 saturated heterocycles. The molecule has 0 aliphatic heterocycles. The summed E-state index contributed by atoms with van der Waals surface area (Å²) in [5.74, 6) is 1.57. The summed E-state index contributed by atoms with van der Waals surface area (Å²) in [5, 5.41) is 10.9. The zero-order chi connectivity index (χ0) is 24.9. The fourth-order valence-corrected chi connectivity index (χ4v) is 10.8. The maximum atomic E-state index is 13.3. The fourth-order valence-electron chi connectivity index (χ4n) is 10.8. The number of esters is 1. The van der Waals surface area contributed by atoms with Gasteiger partial charge in [-0.05, 0) is 109 Å². The topological polar surface area (TPSA) is 46.5 Å². The smallest absolute Gasteiger partial charge is 0.312 e. The van der Waals surface area contributed by atoms with Crippen molar-refractivity contribution in [3.05, 3.63) is 11.6 Å². The Bertz CT molecular complexity index is 900. The number of ether oxygens (including phenoxy) is 1. The average Bonchev–Trinajstić information content (AvgIpc) is 2.76. The lowest BCUT2D eigenvalue weighted by Gasteiger charge is -2.71. The predicted molar refractivity (Wildman–Crippen MR) is 137 cm³/mol. The van der Waals surface area contributed by atoms with E-state index in [0.29, 0.717) is 17.8 Å². The van der Waals surface area contributed by atoms with Gasteiger partial charge in [0.25, 0.3) is 0 Å². The first kappa shape index (κ1) is 24.8. The molecule has 0 unspecified atom stereocenters. The number of hydrogen-bond donors (Lipinski definition) is 1. The van der Waals surface area contributed by atoms with Gasteiger partial charge in [0.15, 0.2) is 0 Å². The molecular formula is C31H50O3. The van der Waals surface area contributed by atoms with Crippen LogP contribution in [0.5, 0.6) is 0 Å². The predicted octanol–water partition coefficient (Wildman–Crippen LogP) is 7.32. The summed E-state index contributed by atoms with van der Waals surface area (Å²) >= 11 is 0. The largest absolute Gasteiger partial charge is 0.469 e. The molecule has 8 atom stereocenters. The van der Waals surface area contributed by atoms with Crippen molar-refractivity contribution in [1.29, 1.82) is 0 Å². The van der Waals surface area contributed by atoms with E-state index >= 15 is 0 Å². The summed E-state index contributed by atoms with van der Waals surface area (Å²) in [6, 6.07) is 0.